The van der Waals surface area contributed by atoms with Crippen LogP contribution in [0.3, 0.4) is 0 Å². The van der Waals surface area contributed by atoms with Crippen LogP contribution in [0.2, 0.25) is 0 Å². The number of carbonyl (C=O) groups excluding carboxylic acids is 1. The van der Waals surface area contributed by atoms with Crippen molar-refractivity contribution >= 4 is 5.91 Å². The summed E-state index contributed by atoms with van der Waals surface area (Å²) in [6.45, 7) is 2.39. The molecule has 6 heteroatoms. The van der Waals surface area contributed by atoms with Gasteiger partial charge in [0.2, 0.25) is 0 Å². The highest BCUT2D eigenvalue weighted by Crippen LogP contribution is 2.19. The van der Waals surface area contributed by atoms with Crippen molar-refractivity contribution in [3.63, 3.8) is 0 Å². The zero-order valence-corrected chi connectivity index (χ0v) is 12.6. The van der Waals surface area contributed by atoms with Crippen LogP contribution in [0.5, 0.6) is 0 Å². The predicted molar refractivity (Wildman–Crippen MR) is 80.0 cm³/mol. The van der Waals surface area contributed by atoms with E-state index in [0.29, 0.717) is 23.7 Å². The summed E-state index contributed by atoms with van der Waals surface area (Å²) >= 11 is 0. The van der Waals surface area contributed by atoms with Crippen molar-refractivity contribution in [2.75, 3.05) is 27.2 Å². The summed E-state index contributed by atoms with van der Waals surface area (Å²) in [5, 5.41) is 0. The molecule has 0 radical (unpaired) electrons. The van der Waals surface area contributed by atoms with Crippen LogP contribution in [0.25, 0.3) is 0 Å². The number of benzene rings is 1. The zero-order chi connectivity index (χ0) is 15.4. The van der Waals surface area contributed by atoms with Gasteiger partial charge in [-0.1, -0.05) is 0 Å². The number of nitrogens with two attached hydrogens (primary N) is 1. The molecule has 1 atom stereocenters. The molecule has 1 saturated heterocycles. The first-order chi connectivity index (χ1) is 10.0. The Morgan fingerprint density at radius 1 is 1.52 bits per heavy atom. The Bertz CT molecular complexity index is 506. The van der Waals surface area contributed by atoms with E-state index in [9.17, 15) is 9.18 Å². The Hall–Kier alpha value is -1.50. The van der Waals surface area contributed by atoms with E-state index in [1.807, 2.05) is 0 Å². The third-order valence-corrected chi connectivity index (χ3v) is 4.04. The first kappa shape index (κ1) is 15.9. The Balaban J connectivity index is 2.09. The van der Waals surface area contributed by atoms with E-state index in [0.717, 1.165) is 19.5 Å². The number of rotatable bonds is 4. The molecular formula is C15H23FN4O. The van der Waals surface area contributed by atoms with Crippen LogP contribution in [-0.2, 0) is 6.54 Å². The van der Waals surface area contributed by atoms with Gasteiger partial charge in [0.15, 0.2) is 0 Å². The maximum atomic E-state index is 13.9. The fraction of sp³-hybridized carbons (Fsp3) is 0.533. The lowest BCUT2D eigenvalue weighted by Crippen LogP contribution is -2.44. The van der Waals surface area contributed by atoms with Gasteiger partial charge in [0.25, 0.3) is 5.91 Å². The number of nitrogen functional groups attached to an aromatic ring is 1. The van der Waals surface area contributed by atoms with E-state index < -0.39 is 5.91 Å². The van der Waals surface area contributed by atoms with E-state index in [1.165, 1.54) is 18.6 Å². The molecule has 116 valence electrons. The molecule has 1 aliphatic rings. The second-order valence-corrected chi connectivity index (χ2v) is 5.77. The number of nitrogens with one attached hydrogen (secondary N) is 1. The number of amides is 1. The largest absolute Gasteiger partial charge is 0.305 e. The van der Waals surface area contributed by atoms with Gasteiger partial charge in [-0.05, 0) is 51.7 Å². The highest BCUT2D eigenvalue weighted by molar-refractivity contribution is 5.93. The van der Waals surface area contributed by atoms with Crippen molar-refractivity contribution in [2.24, 2.45) is 5.84 Å². The number of halogens is 1. The molecule has 0 saturated carbocycles. The van der Waals surface area contributed by atoms with E-state index in [2.05, 4.69) is 29.3 Å². The van der Waals surface area contributed by atoms with Crippen molar-refractivity contribution in [1.82, 2.24) is 15.2 Å². The average Bonchev–Trinajstić information content (AvgIpc) is 2.49. The summed E-state index contributed by atoms with van der Waals surface area (Å²) in [5.41, 5.74) is 2.99. The molecule has 2 rings (SSSR count). The molecule has 21 heavy (non-hydrogen) atoms. The lowest BCUT2D eigenvalue weighted by molar-refractivity contribution is 0.0953. The smallest absolute Gasteiger partial charge is 0.265 e. The van der Waals surface area contributed by atoms with Crippen LogP contribution in [0.1, 0.15) is 28.8 Å². The molecule has 3 N–H and O–H groups in total. The van der Waals surface area contributed by atoms with Crippen molar-refractivity contribution in [2.45, 2.75) is 25.4 Å². The van der Waals surface area contributed by atoms with Crippen LogP contribution in [0.15, 0.2) is 18.2 Å². The Morgan fingerprint density at radius 3 is 2.95 bits per heavy atom. The molecule has 0 spiro atoms. The molecule has 1 aliphatic heterocycles. The Labute approximate surface area is 124 Å². The molecule has 1 aromatic rings. The molecule has 1 fully saturated rings. The van der Waals surface area contributed by atoms with Crippen LogP contribution in [0, 0.1) is 5.82 Å². The second-order valence-electron chi connectivity index (χ2n) is 5.77. The maximum absolute atomic E-state index is 13.9. The minimum absolute atomic E-state index is 0.282. The number of nitrogens with zero attached hydrogens (tertiary/aromatic N) is 2. The van der Waals surface area contributed by atoms with Gasteiger partial charge in [-0.25, -0.2) is 10.2 Å². The second kappa shape index (κ2) is 6.98. The van der Waals surface area contributed by atoms with Crippen LogP contribution >= 0.6 is 0 Å². The summed E-state index contributed by atoms with van der Waals surface area (Å²) in [7, 11) is 4.14. The zero-order valence-electron chi connectivity index (χ0n) is 12.6. The molecule has 0 aliphatic carbocycles. The molecule has 1 aromatic carbocycles. The molecule has 0 aromatic heterocycles. The number of piperidine rings is 1. The van der Waals surface area contributed by atoms with E-state index >= 15 is 0 Å². The summed E-state index contributed by atoms with van der Waals surface area (Å²) in [4.78, 5) is 16.0. The highest BCUT2D eigenvalue weighted by atomic mass is 19.1. The number of hydrazine groups is 1. The molecule has 5 nitrogen and oxygen atoms in total. The van der Waals surface area contributed by atoms with Crippen LogP contribution in [0.4, 0.5) is 4.39 Å². The first-order valence-electron chi connectivity index (χ1n) is 7.19. The van der Waals surface area contributed by atoms with Crippen LogP contribution < -0.4 is 11.3 Å². The number of likely N-dealkylation sites (N-methyl/N-ethyl adjacent to an activating group) is 1. The lowest BCUT2D eigenvalue weighted by atomic mass is 10.0. The standard InChI is InChI=1S/C15H23FN4O/c1-19(2)13-4-3-7-20(10-13)9-12-8-11(15(21)18-17)5-6-14(12)16/h5-6,8,13H,3-4,7,9-10,17H2,1-2H3,(H,18,21). The summed E-state index contributed by atoms with van der Waals surface area (Å²) < 4.78 is 13.9. The third kappa shape index (κ3) is 4.00. The Morgan fingerprint density at radius 2 is 2.29 bits per heavy atom. The van der Waals surface area contributed by atoms with Gasteiger partial charge in [0.05, 0.1) is 0 Å². The van der Waals surface area contributed by atoms with Gasteiger partial charge in [-0.3, -0.25) is 15.1 Å². The normalized spacial score (nSPS) is 19.8. The van der Waals surface area contributed by atoms with Crippen molar-refractivity contribution < 1.29 is 9.18 Å². The fourth-order valence-electron chi connectivity index (χ4n) is 2.76. The van der Waals surface area contributed by atoms with Crippen molar-refractivity contribution in [3.05, 3.63) is 35.1 Å². The SMILES string of the molecule is CN(C)C1CCCN(Cc2cc(C(=O)NN)ccc2F)C1. The first-order valence-corrected chi connectivity index (χ1v) is 7.19. The van der Waals surface area contributed by atoms with Crippen molar-refractivity contribution in [1.29, 1.82) is 0 Å². The van der Waals surface area contributed by atoms with E-state index in [1.54, 1.807) is 6.07 Å². The molecule has 0 bridgehead atoms. The van der Waals surface area contributed by atoms with E-state index in [-0.39, 0.29) is 5.82 Å². The number of carbonyl (C=O) groups is 1. The van der Waals surface area contributed by atoms with Gasteiger partial charge < -0.3 is 4.90 Å². The number of likely N-dealkylation sites (tertiary alicyclic amines) is 1. The van der Waals surface area contributed by atoms with Crippen LogP contribution in [-0.4, -0.2) is 48.9 Å². The fourth-order valence-corrected chi connectivity index (χ4v) is 2.76. The van der Waals surface area contributed by atoms with E-state index in [4.69, 9.17) is 5.84 Å². The lowest BCUT2D eigenvalue weighted by Gasteiger charge is -2.36. The number of hydrogen-bond donors (Lipinski definition) is 2. The predicted octanol–water partition coefficient (Wildman–Crippen LogP) is 0.955. The molecule has 1 unspecified atom stereocenters. The van der Waals surface area contributed by atoms with Gasteiger partial charge in [-0.2, -0.15) is 0 Å². The maximum Gasteiger partial charge on any atom is 0.265 e. The molecular weight excluding hydrogens is 271 g/mol. The molecule has 1 amide bonds. The minimum atomic E-state index is -0.402. The summed E-state index contributed by atoms with van der Waals surface area (Å²) in [6.07, 6.45) is 2.27. The molecule has 1 heterocycles. The van der Waals surface area contributed by atoms with Gasteiger partial charge in [0.1, 0.15) is 5.82 Å². The summed E-state index contributed by atoms with van der Waals surface area (Å²) in [6, 6.07) is 4.85. The monoisotopic (exact) mass is 294 g/mol. The topological polar surface area (TPSA) is 61.6 Å². The third-order valence-electron chi connectivity index (χ3n) is 4.04. The van der Waals surface area contributed by atoms with Gasteiger partial charge in [0, 0.05) is 30.3 Å². The quantitative estimate of drug-likeness (QED) is 0.493. The van der Waals surface area contributed by atoms with Gasteiger partial charge >= 0.3 is 0 Å². The van der Waals surface area contributed by atoms with Crippen molar-refractivity contribution in [3.8, 4) is 0 Å². The Kier molecular flexibility index (Phi) is 5.27. The summed E-state index contributed by atoms with van der Waals surface area (Å²) in [5.74, 6) is 4.44. The average molecular weight is 294 g/mol. The number of hydrogen-bond acceptors (Lipinski definition) is 4. The van der Waals surface area contributed by atoms with Gasteiger partial charge in [-0.15, -0.1) is 0 Å². The minimum Gasteiger partial charge on any atom is -0.305 e. The highest BCUT2D eigenvalue weighted by Gasteiger charge is 2.22.